The van der Waals surface area contributed by atoms with E-state index in [4.69, 9.17) is 10.5 Å². The SMILES string of the molecule is CCCCN(CC)c1sc(N)c(C(=O)OCC)c1C. The summed E-state index contributed by atoms with van der Waals surface area (Å²) in [5.41, 5.74) is 7.47. The number of thiophene rings is 1. The van der Waals surface area contributed by atoms with E-state index in [1.165, 1.54) is 11.3 Å². The lowest BCUT2D eigenvalue weighted by atomic mass is 10.2. The molecule has 19 heavy (non-hydrogen) atoms. The Labute approximate surface area is 119 Å². The standard InChI is InChI=1S/C14H24N2O2S/c1-5-8-9-16(6-2)13-10(4)11(12(15)19-13)14(17)18-7-3/h5-9,15H2,1-4H3. The van der Waals surface area contributed by atoms with E-state index in [9.17, 15) is 4.79 Å². The molecule has 0 fully saturated rings. The van der Waals surface area contributed by atoms with E-state index in [0.717, 1.165) is 36.5 Å². The average Bonchev–Trinajstić information content (AvgIpc) is 2.66. The van der Waals surface area contributed by atoms with Crippen molar-refractivity contribution in [1.29, 1.82) is 0 Å². The second-order valence-electron chi connectivity index (χ2n) is 4.43. The van der Waals surface area contributed by atoms with Gasteiger partial charge in [-0.3, -0.25) is 0 Å². The molecule has 1 aromatic heterocycles. The molecular formula is C14H24N2O2S. The summed E-state index contributed by atoms with van der Waals surface area (Å²) in [6.07, 6.45) is 2.29. The van der Waals surface area contributed by atoms with Gasteiger partial charge in [-0.1, -0.05) is 13.3 Å². The largest absolute Gasteiger partial charge is 0.462 e. The van der Waals surface area contributed by atoms with E-state index in [1.54, 1.807) is 6.92 Å². The van der Waals surface area contributed by atoms with E-state index < -0.39 is 0 Å². The molecule has 0 spiro atoms. The highest BCUT2D eigenvalue weighted by atomic mass is 32.1. The molecule has 0 aliphatic rings. The summed E-state index contributed by atoms with van der Waals surface area (Å²) in [5, 5.41) is 1.65. The Morgan fingerprint density at radius 3 is 2.58 bits per heavy atom. The highest BCUT2D eigenvalue weighted by Crippen LogP contribution is 2.38. The van der Waals surface area contributed by atoms with Crippen LogP contribution in [0.3, 0.4) is 0 Å². The van der Waals surface area contributed by atoms with Crippen LogP contribution < -0.4 is 10.6 Å². The van der Waals surface area contributed by atoms with Crippen molar-refractivity contribution < 1.29 is 9.53 Å². The van der Waals surface area contributed by atoms with E-state index in [0.29, 0.717) is 17.2 Å². The number of ether oxygens (including phenoxy) is 1. The van der Waals surface area contributed by atoms with Crippen LogP contribution in [0.2, 0.25) is 0 Å². The third-order valence-electron chi connectivity index (χ3n) is 3.08. The van der Waals surface area contributed by atoms with Crippen LogP contribution in [0.4, 0.5) is 10.0 Å². The highest BCUT2D eigenvalue weighted by molar-refractivity contribution is 7.20. The normalized spacial score (nSPS) is 10.5. The minimum absolute atomic E-state index is 0.313. The Balaban J connectivity index is 3.03. The molecular weight excluding hydrogens is 260 g/mol. The fraction of sp³-hybridized carbons (Fsp3) is 0.643. The number of carbonyl (C=O) groups is 1. The Hall–Kier alpha value is -1.23. The van der Waals surface area contributed by atoms with Crippen LogP contribution in [-0.4, -0.2) is 25.7 Å². The van der Waals surface area contributed by atoms with Gasteiger partial charge in [-0.05, 0) is 27.2 Å². The lowest BCUT2D eigenvalue weighted by Gasteiger charge is -2.22. The van der Waals surface area contributed by atoms with Crippen molar-refractivity contribution in [2.75, 3.05) is 30.3 Å². The molecule has 1 heterocycles. The number of hydrogen-bond donors (Lipinski definition) is 1. The van der Waals surface area contributed by atoms with Gasteiger partial charge in [0.05, 0.1) is 17.2 Å². The molecule has 5 heteroatoms. The number of nitrogens with zero attached hydrogens (tertiary/aromatic N) is 1. The number of carbonyl (C=O) groups excluding carboxylic acids is 1. The van der Waals surface area contributed by atoms with Crippen LogP contribution in [0.5, 0.6) is 0 Å². The molecule has 2 N–H and O–H groups in total. The summed E-state index contributed by atoms with van der Waals surface area (Å²) >= 11 is 1.48. The maximum Gasteiger partial charge on any atom is 0.341 e. The van der Waals surface area contributed by atoms with Crippen LogP contribution in [0.1, 0.15) is 49.5 Å². The maximum atomic E-state index is 11.9. The van der Waals surface area contributed by atoms with Crippen LogP contribution in [0.15, 0.2) is 0 Å². The Bertz CT molecular complexity index is 429. The molecule has 1 rings (SSSR count). The van der Waals surface area contributed by atoms with E-state index in [2.05, 4.69) is 18.7 Å². The summed E-state index contributed by atoms with van der Waals surface area (Å²) in [6, 6.07) is 0. The van der Waals surface area contributed by atoms with Crippen molar-refractivity contribution in [3.8, 4) is 0 Å². The molecule has 108 valence electrons. The molecule has 0 bridgehead atoms. The number of unbranched alkanes of at least 4 members (excludes halogenated alkanes) is 1. The molecule has 0 radical (unpaired) electrons. The topological polar surface area (TPSA) is 55.6 Å². The zero-order valence-corrected chi connectivity index (χ0v) is 13.1. The molecule has 1 aromatic rings. The Morgan fingerprint density at radius 1 is 1.37 bits per heavy atom. The minimum Gasteiger partial charge on any atom is -0.462 e. The van der Waals surface area contributed by atoms with Crippen LogP contribution in [0.25, 0.3) is 0 Å². The lowest BCUT2D eigenvalue weighted by molar-refractivity contribution is 0.0527. The first-order valence-corrected chi connectivity index (χ1v) is 7.69. The second kappa shape index (κ2) is 7.38. The van der Waals surface area contributed by atoms with Gasteiger partial charge in [-0.2, -0.15) is 0 Å². The van der Waals surface area contributed by atoms with Crippen molar-refractivity contribution in [2.45, 2.75) is 40.5 Å². The third kappa shape index (κ3) is 3.62. The predicted octanol–water partition coefficient (Wildman–Crippen LogP) is 3.44. The molecule has 0 saturated carbocycles. The van der Waals surface area contributed by atoms with Crippen molar-refractivity contribution in [3.05, 3.63) is 11.1 Å². The highest BCUT2D eigenvalue weighted by Gasteiger charge is 2.22. The number of anilines is 2. The summed E-state index contributed by atoms with van der Waals surface area (Å²) in [4.78, 5) is 14.2. The number of hydrogen-bond acceptors (Lipinski definition) is 5. The molecule has 0 unspecified atom stereocenters. The lowest BCUT2D eigenvalue weighted by Crippen LogP contribution is -2.23. The number of nitrogen functional groups attached to an aromatic ring is 1. The van der Waals surface area contributed by atoms with Crippen molar-refractivity contribution in [3.63, 3.8) is 0 Å². The molecule has 0 amide bonds. The number of rotatable bonds is 7. The Kier molecular flexibility index (Phi) is 6.15. The summed E-state index contributed by atoms with van der Waals surface area (Å²) in [6.45, 7) is 10.3. The van der Waals surface area contributed by atoms with Gasteiger partial charge in [0, 0.05) is 18.7 Å². The molecule has 0 atom stereocenters. The maximum absolute atomic E-state index is 11.9. The monoisotopic (exact) mass is 284 g/mol. The zero-order chi connectivity index (χ0) is 14.4. The van der Waals surface area contributed by atoms with Gasteiger partial charge in [-0.25, -0.2) is 4.79 Å². The zero-order valence-electron chi connectivity index (χ0n) is 12.3. The molecule has 4 nitrogen and oxygen atoms in total. The second-order valence-corrected chi connectivity index (χ2v) is 5.46. The van der Waals surface area contributed by atoms with Gasteiger partial charge in [0.2, 0.25) is 0 Å². The van der Waals surface area contributed by atoms with Crippen LogP contribution in [0, 0.1) is 6.92 Å². The predicted molar refractivity (Wildman–Crippen MR) is 82.2 cm³/mol. The summed E-state index contributed by atoms with van der Waals surface area (Å²) < 4.78 is 5.07. The van der Waals surface area contributed by atoms with Gasteiger partial charge in [0.15, 0.2) is 0 Å². The molecule has 0 aliphatic carbocycles. The first-order valence-electron chi connectivity index (χ1n) is 6.87. The Morgan fingerprint density at radius 2 is 2.05 bits per heavy atom. The third-order valence-corrected chi connectivity index (χ3v) is 4.26. The van der Waals surface area contributed by atoms with Crippen molar-refractivity contribution >= 4 is 27.3 Å². The van der Waals surface area contributed by atoms with Gasteiger partial charge >= 0.3 is 5.97 Å². The summed E-state index contributed by atoms with van der Waals surface area (Å²) in [7, 11) is 0. The quantitative estimate of drug-likeness (QED) is 0.779. The van der Waals surface area contributed by atoms with Crippen molar-refractivity contribution in [2.24, 2.45) is 0 Å². The first kappa shape index (κ1) is 15.8. The van der Waals surface area contributed by atoms with Crippen molar-refractivity contribution in [1.82, 2.24) is 0 Å². The van der Waals surface area contributed by atoms with E-state index >= 15 is 0 Å². The molecule has 0 aliphatic heterocycles. The summed E-state index contributed by atoms with van der Waals surface area (Å²) in [5.74, 6) is -0.313. The minimum atomic E-state index is -0.313. The van der Waals surface area contributed by atoms with Crippen LogP contribution >= 0.6 is 11.3 Å². The fourth-order valence-electron chi connectivity index (χ4n) is 2.03. The van der Waals surface area contributed by atoms with Gasteiger partial charge in [0.1, 0.15) is 5.00 Å². The van der Waals surface area contributed by atoms with E-state index in [-0.39, 0.29) is 5.97 Å². The number of esters is 1. The van der Waals surface area contributed by atoms with Gasteiger partial charge < -0.3 is 15.4 Å². The number of nitrogens with two attached hydrogens (primary N) is 1. The molecule has 0 aromatic carbocycles. The smallest absolute Gasteiger partial charge is 0.341 e. The van der Waals surface area contributed by atoms with E-state index in [1.807, 2.05) is 6.92 Å². The average molecular weight is 284 g/mol. The van der Waals surface area contributed by atoms with Gasteiger partial charge in [0.25, 0.3) is 0 Å². The fourth-order valence-corrected chi connectivity index (χ4v) is 3.19. The molecule has 0 saturated heterocycles. The first-order chi connectivity index (χ1) is 9.06. The van der Waals surface area contributed by atoms with Gasteiger partial charge in [-0.15, -0.1) is 11.3 Å². The van der Waals surface area contributed by atoms with Crippen LogP contribution in [-0.2, 0) is 4.74 Å².